The molecular formula is C18H22N4O4. The molecule has 1 aromatic carbocycles. The van der Waals surface area contributed by atoms with Crippen LogP contribution < -0.4 is 0 Å². The molecule has 1 aromatic heterocycles. The van der Waals surface area contributed by atoms with Crippen molar-refractivity contribution < 1.29 is 19.4 Å². The molecule has 2 N–H and O–H groups in total. The number of hydrogen-bond donors (Lipinski definition) is 2. The summed E-state index contributed by atoms with van der Waals surface area (Å²) < 4.78 is 4.96. The van der Waals surface area contributed by atoms with Gasteiger partial charge in [-0.05, 0) is 19.8 Å². The number of rotatable bonds is 5. The average Bonchev–Trinajstić information content (AvgIpc) is 3.17. The van der Waals surface area contributed by atoms with Crippen LogP contribution in [0.5, 0.6) is 0 Å². The number of benzene rings is 1. The first-order valence-corrected chi connectivity index (χ1v) is 8.51. The van der Waals surface area contributed by atoms with Crippen molar-refractivity contribution in [1.82, 2.24) is 20.1 Å². The van der Waals surface area contributed by atoms with E-state index in [1.165, 1.54) is 14.0 Å². The fraction of sp³-hybridized carbons (Fsp3) is 0.444. The van der Waals surface area contributed by atoms with Crippen LogP contribution in [0.2, 0.25) is 0 Å². The number of ether oxygens (including phenoxy) is 1. The summed E-state index contributed by atoms with van der Waals surface area (Å²) >= 11 is 0. The molecule has 8 heteroatoms. The summed E-state index contributed by atoms with van der Waals surface area (Å²) in [4.78, 5) is 30.0. The van der Waals surface area contributed by atoms with Crippen molar-refractivity contribution in [1.29, 1.82) is 0 Å². The molecule has 138 valence electrons. The minimum absolute atomic E-state index is 0.155. The second kappa shape index (κ2) is 7.25. The summed E-state index contributed by atoms with van der Waals surface area (Å²) in [7, 11) is 1.23. The molecule has 8 nitrogen and oxygen atoms in total. The lowest BCUT2D eigenvalue weighted by Crippen LogP contribution is -2.55. The molecule has 1 saturated heterocycles. The zero-order chi connectivity index (χ0) is 18.7. The number of aromatic nitrogens is 3. The van der Waals surface area contributed by atoms with Crippen LogP contribution in [-0.4, -0.2) is 62.9 Å². The van der Waals surface area contributed by atoms with Crippen LogP contribution in [0, 0.1) is 0 Å². The highest BCUT2D eigenvalue weighted by molar-refractivity contribution is 6.05. The third-order valence-electron chi connectivity index (χ3n) is 4.93. The molecule has 0 aliphatic carbocycles. The van der Waals surface area contributed by atoms with E-state index in [1.807, 2.05) is 30.3 Å². The first-order valence-electron chi connectivity index (χ1n) is 8.51. The van der Waals surface area contributed by atoms with E-state index < -0.39 is 17.5 Å². The van der Waals surface area contributed by atoms with Crippen molar-refractivity contribution in [3.8, 4) is 11.4 Å². The summed E-state index contributed by atoms with van der Waals surface area (Å²) in [6, 6.07) is 9.71. The number of nitrogens with zero attached hydrogens (tertiary/aromatic N) is 3. The van der Waals surface area contributed by atoms with Gasteiger partial charge in [-0.3, -0.25) is 9.89 Å². The summed E-state index contributed by atoms with van der Waals surface area (Å²) in [5, 5.41) is 16.6. The summed E-state index contributed by atoms with van der Waals surface area (Å²) in [5.41, 5.74) is -0.903. The molecule has 1 fully saturated rings. The van der Waals surface area contributed by atoms with Gasteiger partial charge in [0.25, 0.3) is 5.91 Å². The van der Waals surface area contributed by atoms with Crippen LogP contribution in [0.25, 0.3) is 11.4 Å². The molecule has 0 radical (unpaired) electrons. The molecule has 3 rings (SSSR count). The highest BCUT2D eigenvalue weighted by Gasteiger charge is 2.45. The van der Waals surface area contributed by atoms with E-state index in [-0.39, 0.29) is 5.92 Å². The minimum Gasteiger partial charge on any atom is -0.479 e. The Labute approximate surface area is 151 Å². The smallest absolute Gasteiger partial charge is 0.345 e. The van der Waals surface area contributed by atoms with Gasteiger partial charge >= 0.3 is 5.97 Å². The van der Waals surface area contributed by atoms with Gasteiger partial charge in [-0.15, -0.1) is 0 Å². The number of piperidine rings is 1. The van der Waals surface area contributed by atoms with Crippen LogP contribution in [-0.2, 0) is 14.3 Å². The van der Waals surface area contributed by atoms with E-state index in [0.29, 0.717) is 31.8 Å². The van der Waals surface area contributed by atoms with Gasteiger partial charge in [0, 0.05) is 31.7 Å². The molecule has 1 unspecified atom stereocenters. The first-order chi connectivity index (χ1) is 12.5. The van der Waals surface area contributed by atoms with E-state index in [9.17, 15) is 14.7 Å². The van der Waals surface area contributed by atoms with Crippen LogP contribution in [0.15, 0.2) is 30.3 Å². The van der Waals surface area contributed by atoms with E-state index >= 15 is 0 Å². The maximum atomic E-state index is 12.5. The van der Waals surface area contributed by atoms with Gasteiger partial charge in [0.2, 0.25) is 5.60 Å². The Morgan fingerprint density at radius 2 is 1.92 bits per heavy atom. The highest BCUT2D eigenvalue weighted by Crippen LogP contribution is 2.28. The maximum absolute atomic E-state index is 12.5. The Kier molecular flexibility index (Phi) is 5.03. The third-order valence-corrected chi connectivity index (χ3v) is 4.93. The lowest BCUT2D eigenvalue weighted by atomic mass is 9.94. The van der Waals surface area contributed by atoms with E-state index in [4.69, 9.17) is 4.74 Å². The zero-order valence-corrected chi connectivity index (χ0v) is 14.8. The SMILES string of the molecule is COC(C)(C(=O)O)C(=O)N1CCC(c2nc(-c3ccccc3)n[nH]2)CC1. The van der Waals surface area contributed by atoms with E-state index in [0.717, 1.165) is 11.4 Å². The summed E-state index contributed by atoms with van der Waals surface area (Å²) in [6.45, 7) is 2.19. The quantitative estimate of drug-likeness (QED) is 0.787. The second-order valence-electron chi connectivity index (χ2n) is 6.52. The number of H-pyrrole nitrogens is 1. The lowest BCUT2D eigenvalue weighted by Gasteiger charge is -2.35. The largest absolute Gasteiger partial charge is 0.479 e. The summed E-state index contributed by atoms with van der Waals surface area (Å²) in [5.74, 6) is -0.202. The van der Waals surface area contributed by atoms with Crippen LogP contribution in [0.4, 0.5) is 0 Å². The second-order valence-corrected chi connectivity index (χ2v) is 6.52. The van der Waals surface area contributed by atoms with Crippen molar-refractivity contribution in [3.05, 3.63) is 36.2 Å². The number of carboxylic acid groups (broad SMARTS) is 1. The number of aromatic amines is 1. The van der Waals surface area contributed by atoms with E-state index in [1.54, 1.807) is 4.90 Å². The predicted octanol–water partition coefficient (Wildman–Crippen LogP) is 1.67. The molecule has 2 heterocycles. The van der Waals surface area contributed by atoms with E-state index in [2.05, 4.69) is 15.2 Å². The van der Waals surface area contributed by atoms with Gasteiger partial charge in [0.05, 0.1) is 0 Å². The minimum atomic E-state index is -1.85. The normalized spacial score (nSPS) is 17.7. The number of methoxy groups -OCH3 is 1. The number of carbonyl (C=O) groups excluding carboxylic acids is 1. The van der Waals surface area contributed by atoms with Gasteiger partial charge in [-0.25, -0.2) is 9.78 Å². The number of hydrogen-bond acceptors (Lipinski definition) is 5. The Morgan fingerprint density at radius 3 is 2.50 bits per heavy atom. The zero-order valence-electron chi connectivity index (χ0n) is 14.8. The number of amides is 1. The summed E-state index contributed by atoms with van der Waals surface area (Å²) in [6.07, 6.45) is 1.38. The van der Waals surface area contributed by atoms with Crippen LogP contribution in [0.1, 0.15) is 31.5 Å². The Balaban J connectivity index is 1.65. The number of carbonyl (C=O) groups is 2. The topological polar surface area (TPSA) is 108 Å². The molecule has 0 bridgehead atoms. The van der Waals surface area contributed by atoms with Crippen LogP contribution >= 0.6 is 0 Å². The average molecular weight is 358 g/mol. The van der Waals surface area contributed by atoms with Crippen molar-refractivity contribution in [2.24, 2.45) is 0 Å². The molecular weight excluding hydrogens is 336 g/mol. The van der Waals surface area contributed by atoms with Crippen LogP contribution in [0.3, 0.4) is 0 Å². The fourth-order valence-corrected chi connectivity index (χ4v) is 3.10. The lowest BCUT2D eigenvalue weighted by molar-refractivity contribution is -0.173. The van der Waals surface area contributed by atoms with Crippen molar-refractivity contribution in [2.45, 2.75) is 31.3 Å². The predicted molar refractivity (Wildman–Crippen MR) is 93.4 cm³/mol. The Morgan fingerprint density at radius 1 is 1.27 bits per heavy atom. The van der Waals surface area contributed by atoms with Gasteiger partial charge in [0.1, 0.15) is 5.82 Å². The molecule has 2 aromatic rings. The van der Waals surface area contributed by atoms with Gasteiger partial charge in [-0.2, -0.15) is 5.10 Å². The van der Waals surface area contributed by atoms with Gasteiger partial charge < -0.3 is 14.7 Å². The van der Waals surface area contributed by atoms with Crippen molar-refractivity contribution >= 4 is 11.9 Å². The molecule has 1 aliphatic heterocycles. The molecule has 1 aliphatic rings. The number of carboxylic acids is 1. The molecule has 26 heavy (non-hydrogen) atoms. The third kappa shape index (κ3) is 3.32. The molecule has 0 spiro atoms. The van der Waals surface area contributed by atoms with Crippen molar-refractivity contribution in [2.75, 3.05) is 20.2 Å². The number of nitrogens with one attached hydrogen (secondary N) is 1. The molecule has 0 saturated carbocycles. The van der Waals surface area contributed by atoms with Gasteiger partial charge in [-0.1, -0.05) is 30.3 Å². The maximum Gasteiger partial charge on any atom is 0.345 e. The molecule has 1 amide bonds. The molecule has 1 atom stereocenters. The monoisotopic (exact) mass is 358 g/mol. The Hall–Kier alpha value is -2.74. The number of likely N-dealkylation sites (tertiary alicyclic amines) is 1. The highest BCUT2D eigenvalue weighted by atomic mass is 16.5. The number of aliphatic carboxylic acids is 1. The Bertz CT molecular complexity index is 783. The first kappa shape index (κ1) is 18.1. The van der Waals surface area contributed by atoms with Crippen molar-refractivity contribution in [3.63, 3.8) is 0 Å². The standard InChI is InChI=1S/C18H22N4O4/c1-18(26-2,17(24)25)16(23)22-10-8-13(9-11-22)15-19-14(20-21-15)12-6-4-3-5-7-12/h3-7,13H,8-11H2,1-2H3,(H,24,25)(H,19,20,21). The fourth-order valence-electron chi connectivity index (χ4n) is 3.10. The van der Waals surface area contributed by atoms with Gasteiger partial charge in [0.15, 0.2) is 5.82 Å².